The molecule has 1 aliphatic rings. The first-order valence-electron chi connectivity index (χ1n) is 4.97. The van der Waals surface area contributed by atoms with Gasteiger partial charge in [-0.2, -0.15) is 0 Å². The van der Waals surface area contributed by atoms with Crippen LogP contribution in [0.1, 0.15) is 17.2 Å². The van der Waals surface area contributed by atoms with Gasteiger partial charge in [-0.25, -0.2) is 0 Å². The molecule has 1 amide bonds. The van der Waals surface area contributed by atoms with Crippen molar-refractivity contribution >= 4 is 27.5 Å². The number of rotatable bonds is 3. The third-order valence-corrected chi connectivity index (χ3v) is 3.30. The number of benzene rings is 1. The smallest absolute Gasteiger partial charge is 0.228 e. The van der Waals surface area contributed by atoms with Crippen LogP contribution in [-0.2, 0) is 11.2 Å². The number of aliphatic hydroxyl groups excluding tert-OH is 2. The summed E-state index contributed by atoms with van der Waals surface area (Å²) < 4.78 is 0. The summed E-state index contributed by atoms with van der Waals surface area (Å²) in [6.07, 6.45) is -1.54. The first-order valence-corrected chi connectivity index (χ1v) is 6.09. The number of para-hydroxylation sites is 1. The summed E-state index contributed by atoms with van der Waals surface area (Å²) in [5.74, 6) is -0.0806. The van der Waals surface area contributed by atoms with Crippen LogP contribution in [0.25, 0.3) is 0 Å². The molecule has 0 fully saturated rings. The quantitative estimate of drug-likeness (QED) is 0.725. The van der Waals surface area contributed by atoms with Crippen LogP contribution < -0.4 is 5.32 Å². The Morgan fingerprint density at radius 1 is 1.44 bits per heavy atom. The fraction of sp³-hybridized carbons (Fsp3) is 0.364. The van der Waals surface area contributed by atoms with Crippen LogP contribution >= 0.6 is 15.9 Å². The summed E-state index contributed by atoms with van der Waals surface area (Å²) in [5, 5.41) is 22.5. The van der Waals surface area contributed by atoms with Crippen molar-refractivity contribution in [2.24, 2.45) is 0 Å². The van der Waals surface area contributed by atoms with E-state index < -0.39 is 12.2 Å². The van der Waals surface area contributed by atoms with E-state index in [1.54, 1.807) is 12.1 Å². The molecule has 0 radical (unpaired) electrons. The summed E-state index contributed by atoms with van der Waals surface area (Å²) >= 11 is 3.11. The van der Waals surface area contributed by atoms with Crippen molar-refractivity contribution < 1.29 is 15.0 Å². The number of carbonyl (C=O) groups excluding carboxylic acids is 1. The molecule has 0 aliphatic carbocycles. The van der Waals surface area contributed by atoms with Crippen molar-refractivity contribution in [2.75, 3.05) is 10.6 Å². The molecular formula is C11H12BrNO3. The van der Waals surface area contributed by atoms with Crippen molar-refractivity contribution in [3.63, 3.8) is 0 Å². The summed E-state index contributed by atoms with van der Waals surface area (Å²) in [6, 6.07) is 5.32. The molecule has 2 atom stereocenters. The fourth-order valence-corrected chi connectivity index (χ4v) is 2.17. The molecule has 1 aliphatic heterocycles. The highest BCUT2D eigenvalue weighted by molar-refractivity contribution is 9.09. The van der Waals surface area contributed by atoms with Crippen LogP contribution in [-0.4, -0.2) is 27.6 Å². The molecule has 2 unspecified atom stereocenters. The van der Waals surface area contributed by atoms with E-state index in [4.69, 9.17) is 0 Å². The molecule has 1 aromatic carbocycles. The Morgan fingerprint density at radius 3 is 2.88 bits per heavy atom. The van der Waals surface area contributed by atoms with E-state index in [0.29, 0.717) is 17.7 Å². The molecule has 0 bridgehead atoms. The third-order valence-electron chi connectivity index (χ3n) is 2.64. The number of hydrogen-bond acceptors (Lipinski definition) is 3. The number of amides is 1. The minimum atomic E-state index is -0.993. The van der Waals surface area contributed by atoms with E-state index in [1.807, 2.05) is 6.07 Å². The number of nitrogens with one attached hydrogen (secondary N) is 1. The lowest BCUT2D eigenvalue weighted by Gasteiger charge is -2.18. The van der Waals surface area contributed by atoms with E-state index in [1.165, 1.54) is 0 Å². The molecule has 0 saturated carbocycles. The van der Waals surface area contributed by atoms with Gasteiger partial charge in [0.25, 0.3) is 0 Å². The number of aliphatic hydroxyl groups is 2. The standard InChI is InChI=1S/C11H12BrNO3/c12-5-8(14)11(16)7-3-1-2-6-4-9(15)13-10(6)7/h1-3,8,11,14,16H,4-5H2,(H,13,15). The van der Waals surface area contributed by atoms with Gasteiger partial charge in [0.1, 0.15) is 6.10 Å². The summed E-state index contributed by atoms with van der Waals surface area (Å²) in [4.78, 5) is 11.2. The highest BCUT2D eigenvalue weighted by Gasteiger charge is 2.26. The summed E-state index contributed by atoms with van der Waals surface area (Å²) in [7, 11) is 0. The largest absolute Gasteiger partial charge is 0.389 e. The minimum Gasteiger partial charge on any atom is -0.389 e. The average Bonchev–Trinajstić information content (AvgIpc) is 2.66. The maximum Gasteiger partial charge on any atom is 0.228 e. The van der Waals surface area contributed by atoms with Gasteiger partial charge >= 0.3 is 0 Å². The first-order chi connectivity index (χ1) is 7.63. The van der Waals surface area contributed by atoms with E-state index >= 15 is 0 Å². The second kappa shape index (κ2) is 4.53. The molecule has 1 heterocycles. The molecule has 86 valence electrons. The van der Waals surface area contributed by atoms with Crippen molar-refractivity contribution in [1.82, 2.24) is 0 Å². The first kappa shape index (κ1) is 11.6. The van der Waals surface area contributed by atoms with Crippen molar-refractivity contribution in [2.45, 2.75) is 18.6 Å². The Balaban J connectivity index is 2.36. The summed E-state index contributed by atoms with van der Waals surface area (Å²) in [5.41, 5.74) is 2.07. The van der Waals surface area contributed by atoms with E-state index in [9.17, 15) is 15.0 Å². The number of fused-ring (bicyclic) bond motifs is 1. The van der Waals surface area contributed by atoms with Crippen LogP contribution in [0.5, 0.6) is 0 Å². The van der Waals surface area contributed by atoms with Gasteiger partial charge < -0.3 is 15.5 Å². The molecule has 0 aromatic heterocycles. The number of halogens is 1. The second-order valence-corrected chi connectivity index (χ2v) is 4.42. The maximum absolute atomic E-state index is 11.2. The maximum atomic E-state index is 11.2. The van der Waals surface area contributed by atoms with E-state index in [-0.39, 0.29) is 11.2 Å². The topological polar surface area (TPSA) is 69.6 Å². The van der Waals surface area contributed by atoms with Crippen LogP contribution in [0.3, 0.4) is 0 Å². The normalized spacial score (nSPS) is 17.8. The SMILES string of the molecule is O=C1Cc2cccc(C(O)C(O)CBr)c2N1. The van der Waals surface area contributed by atoms with Gasteiger partial charge in [-0.1, -0.05) is 34.1 Å². The molecule has 0 spiro atoms. The zero-order valence-corrected chi connectivity index (χ0v) is 10.1. The zero-order chi connectivity index (χ0) is 11.7. The molecule has 3 N–H and O–H groups in total. The lowest BCUT2D eigenvalue weighted by Crippen LogP contribution is -2.20. The fourth-order valence-electron chi connectivity index (χ4n) is 1.81. The molecule has 1 aromatic rings. The van der Waals surface area contributed by atoms with Gasteiger partial charge in [0.05, 0.1) is 18.2 Å². The van der Waals surface area contributed by atoms with Crippen LogP contribution in [0.2, 0.25) is 0 Å². The van der Waals surface area contributed by atoms with Crippen molar-refractivity contribution in [1.29, 1.82) is 0 Å². The second-order valence-electron chi connectivity index (χ2n) is 3.77. The molecular weight excluding hydrogens is 274 g/mol. The van der Waals surface area contributed by atoms with Crippen LogP contribution in [0.15, 0.2) is 18.2 Å². The Labute approximate surface area is 101 Å². The Morgan fingerprint density at radius 2 is 2.19 bits per heavy atom. The monoisotopic (exact) mass is 285 g/mol. The average molecular weight is 286 g/mol. The highest BCUT2D eigenvalue weighted by Crippen LogP contribution is 2.32. The predicted octanol–water partition coefficient (Wildman–Crippen LogP) is 0.970. The van der Waals surface area contributed by atoms with Crippen LogP contribution in [0.4, 0.5) is 5.69 Å². The Bertz CT molecular complexity index is 422. The number of carbonyl (C=O) groups is 1. The summed E-state index contributed by atoms with van der Waals surface area (Å²) in [6.45, 7) is 0. The van der Waals surface area contributed by atoms with Gasteiger partial charge in [0.15, 0.2) is 0 Å². The van der Waals surface area contributed by atoms with Crippen LogP contribution in [0, 0.1) is 0 Å². The Kier molecular flexibility index (Phi) is 3.28. The van der Waals surface area contributed by atoms with Gasteiger partial charge in [0.2, 0.25) is 5.91 Å². The van der Waals surface area contributed by atoms with Gasteiger partial charge in [-0.15, -0.1) is 0 Å². The van der Waals surface area contributed by atoms with Crippen molar-refractivity contribution in [3.8, 4) is 0 Å². The minimum absolute atomic E-state index is 0.0806. The lowest BCUT2D eigenvalue weighted by molar-refractivity contribution is -0.115. The van der Waals surface area contributed by atoms with Gasteiger partial charge in [-0.3, -0.25) is 4.79 Å². The third kappa shape index (κ3) is 1.98. The number of hydrogen-bond donors (Lipinski definition) is 3. The van der Waals surface area contributed by atoms with Gasteiger partial charge in [-0.05, 0) is 5.56 Å². The van der Waals surface area contributed by atoms with E-state index in [2.05, 4.69) is 21.2 Å². The number of anilines is 1. The lowest BCUT2D eigenvalue weighted by atomic mass is 10.0. The van der Waals surface area contributed by atoms with Crippen molar-refractivity contribution in [3.05, 3.63) is 29.3 Å². The predicted molar refractivity (Wildman–Crippen MR) is 63.5 cm³/mol. The Hall–Kier alpha value is -0.910. The molecule has 2 rings (SSSR count). The molecule has 5 heteroatoms. The molecule has 0 saturated heterocycles. The molecule has 16 heavy (non-hydrogen) atoms. The van der Waals surface area contributed by atoms with E-state index in [0.717, 1.165) is 5.56 Å². The zero-order valence-electron chi connectivity index (χ0n) is 8.48. The highest BCUT2D eigenvalue weighted by atomic mass is 79.9. The number of alkyl halides is 1. The molecule has 4 nitrogen and oxygen atoms in total. The van der Waals surface area contributed by atoms with Gasteiger partial charge in [0, 0.05) is 10.9 Å².